The van der Waals surface area contributed by atoms with Crippen LogP contribution in [0.2, 0.25) is 0 Å². The highest BCUT2D eigenvalue weighted by atomic mass is 16.5. The Morgan fingerprint density at radius 1 is 1.16 bits per heavy atom. The third kappa shape index (κ3) is 5.24. The third-order valence-electron chi connectivity index (χ3n) is 6.16. The van der Waals surface area contributed by atoms with Crippen molar-refractivity contribution in [2.75, 3.05) is 33.4 Å². The molecule has 190 valence electrons. The zero-order valence-electron chi connectivity index (χ0n) is 20.1. The lowest BCUT2D eigenvalue weighted by Gasteiger charge is -2.25. The summed E-state index contributed by atoms with van der Waals surface area (Å²) in [6.07, 6.45) is 4.70. The van der Waals surface area contributed by atoms with Gasteiger partial charge in [-0.15, -0.1) is 0 Å². The molecule has 0 amide bonds. The zero-order chi connectivity index (χ0) is 25.8. The van der Waals surface area contributed by atoms with Gasteiger partial charge in [0, 0.05) is 43.2 Å². The molecule has 3 heterocycles. The van der Waals surface area contributed by atoms with Crippen LogP contribution in [0.1, 0.15) is 33.8 Å². The molecular formula is C27H25N3O7. The number of phenolic OH excluding ortho intramolecular Hbond substituents is 1. The molecule has 0 aliphatic carbocycles. The van der Waals surface area contributed by atoms with Crippen molar-refractivity contribution in [1.82, 2.24) is 14.9 Å². The van der Waals surface area contributed by atoms with Crippen LogP contribution in [-0.2, 0) is 14.3 Å². The summed E-state index contributed by atoms with van der Waals surface area (Å²) in [6.45, 7) is 2.39. The second kappa shape index (κ2) is 10.7. The summed E-state index contributed by atoms with van der Waals surface area (Å²) in [6, 6.07) is 11.8. The van der Waals surface area contributed by atoms with Crippen molar-refractivity contribution >= 4 is 11.8 Å². The van der Waals surface area contributed by atoms with Crippen molar-refractivity contribution in [2.45, 2.75) is 12.3 Å². The number of hydrogen-bond donors (Lipinski definition) is 1. The Hall–Kier alpha value is -4.44. The molecule has 0 spiro atoms. The van der Waals surface area contributed by atoms with Gasteiger partial charge in [0.05, 0.1) is 32.3 Å². The van der Waals surface area contributed by atoms with Gasteiger partial charge < -0.3 is 29.0 Å². The first-order valence-electron chi connectivity index (χ1n) is 11.8. The number of hydrogen-bond acceptors (Lipinski definition) is 10. The Labute approximate surface area is 213 Å². The van der Waals surface area contributed by atoms with Gasteiger partial charge in [0.15, 0.2) is 5.76 Å². The summed E-state index contributed by atoms with van der Waals surface area (Å²) in [7, 11) is 1.30. The molecule has 0 saturated carbocycles. The van der Waals surface area contributed by atoms with E-state index in [1.165, 1.54) is 19.2 Å². The number of morpholine rings is 1. The maximum atomic E-state index is 13.2. The predicted octanol–water partition coefficient (Wildman–Crippen LogP) is 3.42. The highest BCUT2D eigenvalue weighted by molar-refractivity contribution is 6.12. The number of fused-ring (bicyclic) bond motifs is 1. The summed E-state index contributed by atoms with van der Waals surface area (Å²) in [5.74, 6) is -0.777. The molecule has 1 saturated heterocycles. The molecule has 5 rings (SSSR count). The van der Waals surface area contributed by atoms with Crippen LogP contribution >= 0.6 is 0 Å². The Kier molecular flexibility index (Phi) is 7.00. The quantitative estimate of drug-likeness (QED) is 0.379. The van der Waals surface area contributed by atoms with Gasteiger partial charge in [0.2, 0.25) is 5.78 Å². The van der Waals surface area contributed by atoms with Crippen molar-refractivity contribution in [3.05, 3.63) is 83.5 Å². The van der Waals surface area contributed by atoms with E-state index in [9.17, 15) is 14.7 Å². The number of phenols is 1. The number of aromatic nitrogens is 2. The standard InChI is InChI=1S/C27H25N3O7/c1-34-23(32)15-20(17-4-2-5-18(14-17)36-27-28-8-3-9-29-27)24-21(31)7-6-19-25(33)22(37-26(19)24)16-30-10-12-35-13-11-30/h2-9,14,16,20,31H,10-13,15H2,1H3/b22-16-/t20-/m0/s1. The average molecular weight is 504 g/mol. The number of rotatable bonds is 7. The fourth-order valence-electron chi connectivity index (χ4n) is 4.34. The number of Topliss-reactive ketones (excluding diaryl/α,β-unsaturated/α-hetero) is 1. The molecule has 0 radical (unpaired) electrons. The van der Waals surface area contributed by atoms with E-state index in [2.05, 4.69) is 9.97 Å². The van der Waals surface area contributed by atoms with Crippen LogP contribution in [0.15, 0.2) is 66.8 Å². The lowest BCUT2D eigenvalue weighted by molar-refractivity contribution is -0.140. The first kappa shape index (κ1) is 24.3. The maximum Gasteiger partial charge on any atom is 0.321 e. The number of benzene rings is 2. The highest BCUT2D eigenvalue weighted by Crippen LogP contribution is 2.46. The summed E-state index contributed by atoms with van der Waals surface area (Å²) in [5, 5.41) is 10.9. The largest absolute Gasteiger partial charge is 0.508 e. The number of ketones is 1. The van der Waals surface area contributed by atoms with E-state index in [1.54, 1.807) is 48.9 Å². The van der Waals surface area contributed by atoms with E-state index in [1.807, 2.05) is 4.90 Å². The molecule has 2 aliphatic heterocycles. The van der Waals surface area contributed by atoms with Crippen LogP contribution in [0.25, 0.3) is 0 Å². The highest BCUT2D eigenvalue weighted by Gasteiger charge is 2.36. The second-order valence-corrected chi connectivity index (χ2v) is 8.49. The molecule has 0 bridgehead atoms. The molecule has 2 aromatic carbocycles. The molecule has 1 N–H and O–H groups in total. The Balaban J connectivity index is 1.53. The van der Waals surface area contributed by atoms with Gasteiger partial charge in [-0.05, 0) is 35.9 Å². The van der Waals surface area contributed by atoms with Gasteiger partial charge in [-0.3, -0.25) is 9.59 Å². The minimum Gasteiger partial charge on any atom is -0.508 e. The van der Waals surface area contributed by atoms with E-state index >= 15 is 0 Å². The van der Waals surface area contributed by atoms with E-state index in [0.29, 0.717) is 48.7 Å². The van der Waals surface area contributed by atoms with Crippen molar-refractivity contribution in [3.63, 3.8) is 0 Å². The fraction of sp³-hybridized carbons (Fsp3) is 0.259. The average Bonchev–Trinajstić information content (AvgIpc) is 3.23. The van der Waals surface area contributed by atoms with Gasteiger partial charge in [-0.1, -0.05) is 12.1 Å². The monoisotopic (exact) mass is 503 g/mol. The molecular weight excluding hydrogens is 478 g/mol. The molecule has 37 heavy (non-hydrogen) atoms. The molecule has 1 atom stereocenters. The predicted molar refractivity (Wildman–Crippen MR) is 131 cm³/mol. The van der Waals surface area contributed by atoms with Crippen molar-refractivity contribution < 1.29 is 33.6 Å². The van der Waals surface area contributed by atoms with Crippen LogP contribution in [-0.4, -0.2) is 65.1 Å². The van der Waals surface area contributed by atoms with Crippen molar-refractivity contribution in [2.24, 2.45) is 0 Å². The number of allylic oxidation sites excluding steroid dienone is 1. The van der Waals surface area contributed by atoms with Gasteiger partial charge in [-0.2, -0.15) is 0 Å². The Morgan fingerprint density at radius 2 is 1.95 bits per heavy atom. The smallest absolute Gasteiger partial charge is 0.321 e. The summed E-state index contributed by atoms with van der Waals surface area (Å²) >= 11 is 0. The number of carbonyl (C=O) groups excluding carboxylic acids is 2. The van der Waals surface area contributed by atoms with Crippen LogP contribution in [0, 0.1) is 0 Å². The number of esters is 1. The number of nitrogens with zero attached hydrogens (tertiary/aromatic N) is 3. The first-order chi connectivity index (χ1) is 18.0. The molecule has 10 nitrogen and oxygen atoms in total. The first-order valence-corrected chi connectivity index (χ1v) is 11.8. The van der Waals surface area contributed by atoms with Crippen molar-refractivity contribution in [3.8, 4) is 23.3 Å². The summed E-state index contributed by atoms with van der Waals surface area (Å²) in [4.78, 5) is 35.7. The molecule has 2 aliphatic rings. The normalized spacial score (nSPS) is 16.7. The number of ether oxygens (including phenoxy) is 4. The minimum absolute atomic E-state index is 0.105. The van der Waals surface area contributed by atoms with E-state index in [4.69, 9.17) is 18.9 Å². The topological polar surface area (TPSA) is 120 Å². The van der Waals surface area contributed by atoms with Crippen LogP contribution in [0.3, 0.4) is 0 Å². The molecule has 1 aromatic heterocycles. The van der Waals surface area contributed by atoms with E-state index in [-0.39, 0.29) is 35.5 Å². The van der Waals surface area contributed by atoms with Crippen molar-refractivity contribution in [1.29, 1.82) is 0 Å². The maximum absolute atomic E-state index is 13.2. The number of carbonyl (C=O) groups is 2. The van der Waals surface area contributed by atoms with Gasteiger partial charge in [0.25, 0.3) is 0 Å². The molecule has 10 heteroatoms. The minimum atomic E-state index is -0.696. The van der Waals surface area contributed by atoms with Crippen LogP contribution in [0.4, 0.5) is 0 Å². The number of aromatic hydroxyl groups is 1. The zero-order valence-corrected chi connectivity index (χ0v) is 20.1. The Bertz CT molecular complexity index is 1340. The third-order valence-corrected chi connectivity index (χ3v) is 6.16. The summed E-state index contributed by atoms with van der Waals surface area (Å²) < 4.78 is 22.1. The Morgan fingerprint density at radius 3 is 2.70 bits per heavy atom. The second-order valence-electron chi connectivity index (χ2n) is 8.49. The van der Waals surface area contributed by atoms with E-state index in [0.717, 1.165) is 0 Å². The molecule has 1 fully saturated rings. The van der Waals surface area contributed by atoms with Gasteiger partial charge >= 0.3 is 12.0 Å². The molecule has 0 unspecified atom stereocenters. The summed E-state index contributed by atoms with van der Waals surface area (Å²) in [5.41, 5.74) is 1.27. The van der Waals surface area contributed by atoms with Crippen LogP contribution in [0.5, 0.6) is 23.3 Å². The lowest BCUT2D eigenvalue weighted by atomic mass is 9.86. The van der Waals surface area contributed by atoms with Gasteiger partial charge in [-0.25, -0.2) is 9.97 Å². The number of methoxy groups -OCH3 is 1. The fourth-order valence-corrected chi connectivity index (χ4v) is 4.34. The molecule has 3 aromatic rings. The van der Waals surface area contributed by atoms with E-state index < -0.39 is 11.9 Å². The SMILES string of the molecule is COC(=O)C[C@@H](c1cccc(Oc2ncccn2)c1)c1c(O)ccc2c1O/C(=C\N1CCOCC1)C2=O. The lowest BCUT2D eigenvalue weighted by Crippen LogP contribution is -2.32. The van der Waals surface area contributed by atoms with Crippen LogP contribution < -0.4 is 9.47 Å². The van der Waals surface area contributed by atoms with Gasteiger partial charge in [0.1, 0.15) is 17.2 Å².